The number of hydrogen-bond donors (Lipinski definition) is 0. The summed E-state index contributed by atoms with van der Waals surface area (Å²) >= 11 is 0. The van der Waals surface area contributed by atoms with Gasteiger partial charge in [0.25, 0.3) is 0 Å². The first kappa shape index (κ1) is 11.8. The van der Waals surface area contributed by atoms with Crippen molar-refractivity contribution in [2.75, 3.05) is 33.3 Å². The average Bonchev–Trinajstić information content (AvgIpc) is 2.61. The quantitative estimate of drug-likeness (QED) is 0.676. The van der Waals surface area contributed by atoms with Gasteiger partial charge in [-0.3, -0.25) is 9.69 Å². The monoisotopic (exact) mass is 214 g/mol. The first-order chi connectivity index (χ1) is 7.15. The molecule has 2 amide bonds. The first-order valence-electron chi connectivity index (χ1n) is 5.30. The Hall–Kier alpha value is -1.26. The molecule has 0 unspecified atom stereocenters. The molecule has 0 radical (unpaired) electrons. The van der Waals surface area contributed by atoms with Gasteiger partial charge < -0.3 is 9.64 Å². The summed E-state index contributed by atoms with van der Waals surface area (Å²) in [7, 11) is 1.76. The second-order valence-electron chi connectivity index (χ2n) is 3.70. The zero-order valence-electron chi connectivity index (χ0n) is 9.36. The molecule has 0 aromatic rings. The van der Waals surface area contributed by atoms with Crippen molar-refractivity contribution in [3.8, 4) is 0 Å². The van der Waals surface area contributed by atoms with Crippen molar-refractivity contribution in [2.24, 2.45) is 0 Å². The van der Waals surface area contributed by atoms with Crippen LogP contribution < -0.4 is 0 Å². The molecule has 0 bridgehead atoms. The lowest BCUT2D eigenvalue weighted by molar-refractivity contribution is -0.130. The Morgan fingerprint density at radius 1 is 1.60 bits per heavy atom. The van der Waals surface area contributed by atoms with Gasteiger partial charge in [-0.05, 0) is 6.42 Å². The molecule has 0 aromatic carbocycles. The van der Waals surface area contributed by atoms with E-state index in [1.165, 1.54) is 4.90 Å². The summed E-state index contributed by atoms with van der Waals surface area (Å²) < 4.78 is 4.74. The minimum absolute atomic E-state index is 0.0256. The van der Waals surface area contributed by atoms with Crippen LogP contribution in [0.2, 0.25) is 0 Å². The standard InChI is InChI=1S/C10H18N2O3/c1-3-4-5-11(2)9(13)8-12-6-7-15-10(12)14/h3-8H2,1-2H3. The van der Waals surface area contributed by atoms with Crippen molar-refractivity contribution in [1.82, 2.24) is 9.80 Å². The number of unbranched alkanes of at least 4 members (excludes halogenated alkanes) is 1. The van der Waals surface area contributed by atoms with Crippen molar-refractivity contribution in [1.29, 1.82) is 0 Å². The highest BCUT2D eigenvalue weighted by Crippen LogP contribution is 2.03. The Kier molecular flexibility index (Phi) is 4.39. The summed E-state index contributed by atoms with van der Waals surface area (Å²) in [6, 6.07) is 0. The van der Waals surface area contributed by atoms with Gasteiger partial charge in [0.05, 0.1) is 6.54 Å². The molecule has 5 nitrogen and oxygen atoms in total. The van der Waals surface area contributed by atoms with E-state index in [2.05, 4.69) is 6.92 Å². The molecule has 0 saturated carbocycles. The van der Waals surface area contributed by atoms with Gasteiger partial charge in [-0.1, -0.05) is 13.3 Å². The molecule has 1 aliphatic heterocycles. The zero-order valence-corrected chi connectivity index (χ0v) is 9.36. The van der Waals surface area contributed by atoms with Gasteiger partial charge in [0.1, 0.15) is 13.2 Å². The van der Waals surface area contributed by atoms with Crippen LogP contribution >= 0.6 is 0 Å². The summed E-state index contributed by atoms with van der Waals surface area (Å²) in [5.74, 6) is -0.0256. The van der Waals surface area contributed by atoms with Crippen LogP contribution in [0.3, 0.4) is 0 Å². The second-order valence-corrected chi connectivity index (χ2v) is 3.70. The molecule has 15 heavy (non-hydrogen) atoms. The lowest BCUT2D eigenvalue weighted by atomic mass is 10.3. The van der Waals surface area contributed by atoms with Gasteiger partial charge in [-0.25, -0.2) is 4.79 Å². The van der Waals surface area contributed by atoms with Gasteiger partial charge >= 0.3 is 6.09 Å². The van der Waals surface area contributed by atoms with E-state index >= 15 is 0 Å². The summed E-state index contributed by atoms with van der Waals surface area (Å²) in [6.07, 6.45) is 1.67. The van der Waals surface area contributed by atoms with Crippen molar-refractivity contribution in [2.45, 2.75) is 19.8 Å². The van der Waals surface area contributed by atoms with E-state index in [4.69, 9.17) is 4.74 Å². The Labute approximate surface area is 90.0 Å². The fourth-order valence-electron chi connectivity index (χ4n) is 1.37. The van der Waals surface area contributed by atoms with E-state index in [0.717, 1.165) is 19.4 Å². The number of cyclic esters (lactones) is 1. The molecule has 1 fully saturated rings. The molecule has 1 heterocycles. The summed E-state index contributed by atoms with van der Waals surface area (Å²) in [5, 5.41) is 0. The third kappa shape index (κ3) is 3.42. The normalized spacial score (nSPS) is 15.3. The summed E-state index contributed by atoms with van der Waals surface area (Å²) in [6.45, 7) is 3.88. The molecule has 1 aliphatic rings. The number of hydrogen-bond acceptors (Lipinski definition) is 3. The molecule has 0 aliphatic carbocycles. The van der Waals surface area contributed by atoms with Crippen LogP contribution in [0, 0.1) is 0 Å². The van der Waals surface area contributed by atoms with E-state index < -0.39 is 0 Å². The van der Waals surface area contributed by atoms with Crippen LogP contribution in [0.4, 0.5) is 4.79 Å². The Balaban J connectivity index is 2.31. The average molecular weight is 214 g/mol. The predicted octanol–water partition coefficient (Wildman–Crippen LogP) is 0.697. The Morgan fingerprint density at radius 2 is 2.33 bits per heavy atom. The van der Waals surface area contributed by atoms with E-state index in [0.29, 0.717) is 13.2 Å². The molecule has 5 heteroatoms. The number of rotatable bonds is 5. The topological polar surface area (TPSA) is 49.9 Å². The molecular weight excluding hydrogens is 196 g/mol. The molecular formula is C10H18N2O3. The van der Waals surface area contributed by atoms with Crippen LogP contribution in [0.1, 0.15) is 19.8 Å². The number of ether oxygens (including phenoxy) is 1. The van der Waals surface area contributed by atoms with Crippen LogP contribution in [-0.2, 0) is 9.53 Å². The Morgan fingerprint density at radius 3 is 2.87 bits per heavy atom. The van der Waals surface area contributed by atoms with E-state index in [1.54, 1.807) is 11.9 Å². The predicted molar refractivity (Wildman–Crippen MR) is 55.5 cm³/mol. The minimum Gasteiger partial charge on any atom is -0.448 e. The van der Waals surface area contributed by atoms with E-state index in [1.807, 2.05) is 0 Å². The third-order valence-electron chi connectivity index (χ3n) is 2.44. The van der Waals surface area contributed by atoms with Crippen molar-refractivity contribution < 1.29 is 14.3 Å². The van der Waals surface area contributed by atoms with Crippen LogP contribution in [0.5, 0.6) is 0 Å². The second kappa shape index (κ2) is 5.58. The fourth-order valence-corrected chi connectivity index (χ4v) is 1.37. The molecule has 0 N–H and O–H groups in total. The van der Waals surface area contributed by atoms with Gasteiger partial charge in [-0.2, -0.15) is 0 Å². The summed E-state index contributed by atoms with van der Waals surface area (Å²) in [5.41, 5.74) is 0. The maximum Gasteiger partial charge on any atom is 0.410 e. The van der Waals surface area contributed by atoms with E-state index in [-0.39, 0.29) is 18.5 Å². The zero-order chi connectivity index (χ0) is 11.3. The summed E-state index contributed by atoms with van der Waals surface area (Å²) in [4.78, 5) is 25.8. The van der Waals surface area contributed by atoms with Crippen LogP contribution in [0.15, 0.2) is 0 Å². The largest absolute Gasteiger partial charge is 0.448 e. The maximum atomic E-state index is 11.6. The Bertz CT molecular complexity index is 243. The molecule has 86 valence electrons. The highest BCUT2D eigenvalue weighted by atomic mass is 16.6. The molecule has 0 spiro atoms. The van der Waals surface area contributed by atoms with Crippen molar-refractivity contribution in [3.63, 3.8) is 0 Å². The van der Waals surface area contributed by atoms with Gasteiger partial charge in [0.15, 0.2) is 0 Å². The number of amides is 2. The molecule has 0 aromatic heterocycles. The maximum absolute atomic E-state index is 11.6. The fraction of sp³-hybridized carbons (Fsp3) is 0.800. The molecule has 1 rings (SSSR count). The number of carbonyl (C=O) groups excluding carboxylic acids is 2. The highest BCUT2D eigenvalue weighted by molar-refractivity contribution is 5.82. The number of nitrogens with zero attached hydrogens (tertiary/aromatic N) is 2. The van der Waals surface area contributed by atoms with Crippen molar-refractivity contribution >= 4 is 12.0 Å². The first-order valence-corrected chi connectivity index (χ1v) is 5.30. The molecule has 0 atom stereocenters. The van der Waals surface area contributed by atoms with E-state index in [9.17, 15) is 9.59 Å². The molecule has 1 saturated heterocycles. The van der Waals surface area contributed by atoms with Crippen LogP contribution in [0.25, 0.3) is 0 Å². The van der Waals surface area contributed by atoms with Gasteiger partial charge in [0.2, 0.25) is 5.91 Å². The van der Waals surface area contributed by atoms with Gasteiger partial charge in [-0.15, -0.1) is 0 Å². The van der Waals surface area contributed by atoms with Crippen LogP contribution in [-0.4, -0.2) is 55.1 Å². The lowest BCUT2D eigenvalue weighted by Gasteiger charge is -2.19. The lowest BCUT2D eigenvalue weighted by Crippen LogP contribution is -2.39. The van der Waals surface area contributed by atoms with Crippen molar-refractivity contribution in [3.05, 3.63) is 0 Å². The number of likely N-dealkylation sites (N-methyl/N-ethyl adjacent to an activating group) is 1. The minimum atomic E-state index is -0.382. The smallest absolute Gasteiger partial charge is 0.410 e. The number of carbonyl (C=O) groups is 2. The highest BCUT2D eigenvalue weighted by Gasteiger charge is 2.25. The van der Waals surface area contributed by atoms with Gasteiger partial charge in [0, 0.05) is 13.6 Å². The SMILES string of the molecule is CCCCN(C)C(=O)CN1CCOC1=O. The third-order valence-corrected chi connectivity index (χ3v) is 2.44.